The fraction of sp³-hybridized carbons (Fsp3) is 0.625. The molecular weight excluding hydrogens is 489 g/mol. The summed E-state index contributed by atoms with van der Waals surface area (Å²) in [5, 5.41) is 0. The Kier molecular flexibility index (Phi) is 12.8. The molecule has 214 valence electrons. The summed E-state index contributed by atoms with van der Waals surface area (Å²) in [6.45, 7) is 14.0. The Morgan fingerprint density at radius 2 is 1.18 bits per heavy atom. The highest BCUT2D eigenvalue weighted by Crippen LogP contribution is 2.42. The molecule has 2 aromatic rings. The molecule has 0 aliphatic heterocycles. The van der Waals surface area contributed by atoms with Gasteiger partial charge in [0.05, 0.1) is 29.8 Å². The molecule has 0 spiro atoms. The molecule has 2 aromatic carbocycles. The smallest absolute Gasteiger partial charge is 0.324 e. The van der Waals surface area contributed by atoms with Crippen LogP contribution in [0.5, 0.6) is 0 Å². The van der Waals surface area contributed by atoms with Gasteiger partial charge in [0, 0.05) is 0 Å². The molecule has 0 aliphatic rings. The van der Waals surface area contributed by atoms with Crippen molar-refractivity contribution in [2.45, 2.75) is 130 Å². The maximum Gasteiger partial charge on any atom is 0.416 e. The van der Waals surface area contributed by atoms with E-state index in [1.165, 1.54) is 37.8 Å². The number of alkyl halides is 3. The van der Waals surface area contributed by atoms with Crippen LogP contribution in [-0.4, -0.2) is 24.3 Å². The van der Waals surface area contributed by atoms with Gasteiger partial charge in [-0.1, -0.05) is 81.8 Å². The first kappa shape index (κ1) is 32.3. The minimum Gasteiger partial charge on any atom is -0.324 e. The topological polar surface area (TPSA) is 27.7 Å². The van der Waals surface area contributed by atoms with Gasteiger partial charge in [-0.3, -0.25) is 0 Å². The van der Waals surface area contributed by atoms with Crippen LogP contribution in [0.4, 0.5) is 13.2 Å². The van der Waals surface area contributed by atoms with Crippen molar-refractivity contribution in [3.63, 3.8) is 0 Å². The summed E-state index contributed by atoms with van der Waals surface area (Å²) in [6, 6.07) is 13.1. The first-order chi connectivity index (χ1) is 17.9. The first-order valence-electron chi connectivity index (χ1n) is 14.2. The van der Waals surface area contributed by atoms with Gasteiger partial charge in [0.2, 0.25) is 0 Å². The van der Waals surface area contributed by atoms with Crippen LogP contribution in [0.1, 0.15) is 110 Å². The summed E-state index contributed by atoms with van der Waals surface area (Å²) in [7, 11) is 0. The fourth-order valence-corrected chi connectivity index (χ4v) is 4.77. The average Bonchev–Trinajstić information content (AvgIpc) is 2.82. The van der Waals surface area contributed by atoms with Gasteiger partial charge in [0.25, 0.3) is 5.97 Å². The fourth-order valence-electron chi connectivity index (χ4n) is 4.77. The number of hydrogen-bond acceptors (Lipinski definition) is 3. The van der Waals surface area contributed by atoms with E-state index < -0.39 is 17.7 Å². The van der Waals surface area contributed by atoms with E-state index >= 15 is 0 Å². The van der Waals surface area contributed by atoms with Gasteiger partial charge in [-0.2, -0.15) is 13.2 Å². The van der Waals surface area contributed by atoms with Crippen LogP contribution in [0.15, 0.2) is 48.5 Å². The molecule has 38 heavy (non-hydrogen) atoms. The molecule has 0 fully saturated rings. The molecule has 0 aromatic heterocycles. The van der Waals surface area contributed by atoms with Crippen LogP contribution < -0.4 is 0 Å². The van der Waals surface area contributed by atoms with E-state index in [1.807, 2.05) is 65.8 Å². The lowest BCUT2D eigenvalue weighted by atomic mass is 9.88. The number of rotatable bonds is 16. The Morgan fingerprint density at radius 1 is 0.658 bits per heavy atom. The second kappa shape index (κ2) is 15.0. The highest BCUT2D eigenvalue weighted by molar-refractivity contribution is 5.64. The van der Waals surface area contributed by atoms with Gasteiger partial charge in [0.15, 0.2) is 0 Å². The zero-order valence-electron chi connectivity index (χ0n) is 24.2. The van der Waals surface area contributed by atoms with Crippen molar-refractivity contribution in [3.8, 4) is 11.1 Å². The summed E-state index contributed by atoms with van der Waals surface area (Å²) < 4.78 is 59.2. The molecule has 1 atom stereocenters. The van der Waals surface area contributed by atoms with Crippen LogP contribution in [-0.2, 0) is 20.4 Å². The summed E-state index contributed by atoms with van der Waals surface area (Å²) in [6.07, 6.45) is 2.99. The Hall–Kier alpha value is -1.89. The number of hydrogen-bond donors (Lipinski definition) is 0. The predicted octanol–water partition coefficient (Wildman–Crippen LogP) is 10.1. The van der Waals surface area contributed by atoms with E-state index in [0.717, 1.165) is 36.5 Å². The Balaban J connectivity index is 2.46. The lowest BCUT2D eigenvalue weighted by molar-refractivity contribution is -0.420. The van der Waals surface area contributed by atoms with Crippen molar-refractivity contribution in [2.75, 3.05) is 0 Å². The van der Waals surface area contributed by atoms with Gasteiger partial charge < -0.3 is 14.2 Å². The highest BCUT2D eigenvalue weighted by atomic mass is 19.4. The molecule has 0 aliphatic carbocycles. The number of benzene rings is 2. The van der Waals surface area contributed by atoms with E-state index in [4.69, 9.17) is 14.2 Å². The van der Waals surface area contributed by atoms with Crippen molar-refractivity contribution in [1.29, 1.82) is 0 Å². The second-order valence-electron chi connectivity index (χ2n) is 10.9. The van der Waals surface area contributed by atoms with Crippen molar-refractivity contribution < 1.29 is 27.4 Å². The molecule has 3 nitrogen and oxygen atoms in total. The Morgan fingerprint density at radius 3 is 1.68 bits per heavy atom. The summed E-state index contributed by atoms with van der Waals surface area (Å²) >= 11 is 0. The average molecular weight is 537 g/mol. The van der Waals surface area contributed by atoms with Crippen molar-refractivity contribution in [1.82, 2.24) is 0 Å². The first-order valence-corrected chi connectivity index (χ1v) is 14.2. The van der Waals surface area contributed by atoms with Gasteiger partial charge in [0.1, 0.15) is 0 Å². The number of unbranched alkanes of at least 4 members (excludes halogenated alkanes) is 5. The normalized spacial score (nSPS) is 13.6. The summed E-state index contributed by atoms with van der Waals surface area (Å²) in [4.78, 5) is 0. The molecular formula is C32H47F3O3. The van der Waals surface area contributed by atoms with E-state index in [-0.39, 0.29) is 24.2 Å². The van der Waals surface area contributed by atoms with Gasteiger partial charge in [-0.25, -0.2) is 0 Å². The van der Waals surface area contributed by atoms with Crippen molar-refractivity contribution in [2.24, 2.45) is 0 Å². The van der Waals surface area contributed by atoms with Gasteiger partial charge in [-0.15, -0.1) is 0 Å². The van der Waals surface area contributed by atoms with Crippen LogP contribution in [0.3, 0.4) is 0 Å². The third-order valence-corrected chi connectivity index (χ3v) is 6.31. The Labute approximate surface area is 228 Å². The highest BCUT2D eigenvalue weighted by Gasteiger charge is 2.46. The summed E-state index contributed by atoms with van der Waals surface area (Å²) in [5.74, 6) is -1.49. The molecule has 0 bridgehead atoms. The predicted molar refractivity (Wildman–Crippen MR) is 149 cm³/mol. The quantitative estimate of drug-likeness (QED) is 0.158. The number of halogens is 3. The molecule has 0 amide bonds. The summed E-state index contributed by atoms with van der Waals surface area (Å²) in [5.41, 5.74) is 1.58. The third-order valence-electron chi connectivity index (χ3n) is 6.31. The van der Waals surface area contributed by atoms with Gasteiger partial charge in [-0.05, 0) is 76.8 Å². The molecule has 2 rings (SSSR count). The molecule has 0 N–H and O–H groups in total. The number of ether oxygens (including phenoxy) is 3. The Bertz CT molecular complexity index is 909. The van der Waals surface area contributed by atoms with Crippen LogP contribution in [0, 0.1) is 0 Å². The minimum atomic E-state index is -4.38. The van der Waals surface area contributed by atoms with Crippen LogP contribution in [0.25, 0.3) is 11.1 Å². The standard InChI is InChI=1S/C32H47F3O3/c1-8-9-10-11-12-13-17-30(32(36-23(2)3,37-24(4)5)38-25(6)7)27-20-18-26(19-21-27)28-15-14-16-29(22-28)31(33,34)35/h14-16,18-25,30H,8-13,17H2,1-7H3. The lowest BCUT2D eigenvalue weighted by Gasteiger charge is -2.43. The zero-order chi connectivity index (χ0) is 28.3. The van der Waals surface area contributed by atoms with Crippen molar-refractivity contribution >= 4 is 0 Å². The van der Waals surface area contributed by atoms with E-state index in [1.54, 1.807) is 6.07 Å². The SMILES string of the molecule is CCCCCCCCC(c1ccc(-c2cccc(C(F)(F)F)c2)cc1)C(OC(C)C)(OC(C)C)OC(C)C. The molecule has 1 unspecified atom stereocenters. The van der Waals surface area contributed by atoms with Crippen LogP contribution in [0.2, 0.25) is 0 Å². The van der Waals surface area contributed by atoms with Gasteiger partial charge >= 0.3 is 6.18 Å². The monoisotopic (exact) mass is 536 g/mol. The maximum atomic E-state index is 13.3. The molecule has 0 saturated carbocycles. The second-order valence-corrected chi connectivity index (χ2v) is 10.9. The molecule has 0 heterocycles. The van der Waals surface area contributed by atoms with E-state index in [2.05, 4.69) is 6.92 Å². The van der Waals surface area contributed by atoms with Crippen LogP contribution >= 0.6 is 0 Å². The van der Waals surface area contributed by atoms with E-state index in [9.17, 15) is 13.2 Å². The van der Waals surface area contributed by atoms with E-state index in [0.29, 0.717) is 5.56 Å². The van der Waals surface area contributed by atoms with Crippen molar-refractivity contribution in [3.05, 3.63) is 59.7 Å². The molecule has 6 heteroatoms. The third kappa shape index (κ3) is 10.0. The zero-order valence-corrected chi connectivity index (χ0v) is 24.2. The maximum absolute atomic E-state index is 13.3. The minimum absolute atomic E-state index is 0.135. The largest absolute Gasteiger partial charge is 0.416 e. The molecule has 0 saturated heterocycles. The lowest BCUT2D eigenvalue weighted by Crippen LogP contribution is -2.49. The molecule has 0 radical (unpaired) electrons.